The summed E-state index contributed by atoms with van der Waals surface area (Å²) in [6.45, 7) is 0. The van der Waals surface area contributed by atoms with Crippen molar-refractivity contribution in [2.75, 3.05) is 0 Å². The van der Waals surface area contributed by atoms with Gasteiger partial charge in [-0.15, -0.1) is 0 Å². The molecule has 0 unspecified atom stereocenters. The molecule has 0 radical (unpaired) electrons. The normalized spacial score (nSPS) is 10.1. The molecule has 1 aromatic heterocycles. The Hall–Kier alpha value is -1.19. The highest BCUT2D eigenvalue weighted by Crippen LogP contribution is 2.35. The lowest BCUT2D eigenvalue weighted by Crippen LogP contribution is -1.85. The number of nitrogens with zero attached hydrogens (tertiary/aromatic N) is 1. The lowest BCUT2D eigenvalue weighted by atomic mass is 10.3. The van der Waals surface area contributed by atoms with Gasteiger partial charge in [-0.05, 0) is 17.3 Å². The smallest absolute Gasteiger partial charge is 0.259 e. The lowest BCUT2D eigenvalue weighted by molar-refractivity contribution is 0.367. The van der Waals surface area contributed by atoms with Gasteiger partial charge in [0.15, 0.2) is 5.75 Å². The number of hydrogen-bond acceptors (Lipinski definition) is 3. The summed E-state index contributed by atoms with van der Waals surface area (Å²) < 4.78 is 9.92. The van der Waals surface area contributed by atoms with E-state index >= 15 is 0 Å². The highest BCUT2D eigenvalue weighted by atomic mass is 35.5. The largest absolute Gasteiger partial charge is 0.433 e. The third-order valence-electron chi connectivity index (χ3n) is 1.54. The van der Waals surface area contributed by atoms with Crippen LogP contribution in [-0.4, -0.2) is 5.16 Å². The molecule has 2 aromatic rings. The van der Waals surface area contributed by atoms with Crippen LogP contribution in [0.1, 0.15) is 0 Å². The first-order valence-corrected chi connectivity index (χ1v) is 4.55. The molecule has 0 aliphatic carbocycles. The maximum atomic E-state index is 5.88. The van der Waals surface area contributed by atoms with Crippen molar-refractivity contribution in [3.8, 4) is 11.6 Å². The fraction of sp³-hybridized carbons (Fsp3) is 0. The molecule has 14 heavy (non-hydrogen) atoms. The monoisotopic (exact) mass is 229 g/mol. The Morgan fingerprint density at radius 3 is 2.43 bits per heavy atom. The highest BCUT2D eigenvalue weighted by molar-refractivity contribution is 6.37. The van der Waals surface area contributed by atoms with E-state index in [9.17, 15) is 0 Å². The number of para-hydroxylation sites is 1. The second-order valence-corrected chi connectivity index (χ2v) is 3.30. The Morgan fingerprint density at radius 2 is 1.86 bits per heavy atom. The summed E-state index contributed by atoms with van der Waals surface area (Å²) in [6.07, 6.45) is 1.40. The topological polar surface area (TPSA) is 35.3 Å². The Morgan fingerprint density at radius 1 is 1.14 bits per heavy atom. The van der Waals surface area contributed by atoms with Crippen molar-refractivity contribution in [2.24, 2.45) is 0 Å². The number of aromatic nitrogens is 1. The molecule has 0 N–H and O–H groups in total. The standard InChI is InChI=1S/C9H5Cl2NO2/c10-6-2-1-3-7(11)9(6)14-8-4-5-13-12-8/h1-5H. The van der Waals surface area contributed by atoms with Crippen LogP contribution in [0.15, 0.2) is 35.1 Å². The third-order valence-corrected chi connectivity index (χ3v) is 2.13. The molecule has 1 heterocycles. The van der Waals surface area contributed by atoms with Crippen LogP contribution in [0.3, 0.4) is 0 Å². The predicted octanol–water partition coefficient (Wildman–Crippen LogP) is 3.77. The minimum absolute atomic E-state index is 0.319. The summed E-state index contributed by atoms with van der Waals surface area (Å²) in [5, 5.41) is 4.44. The van der Waals surface area contributed by atoms with E-state index in [4.69, 9.17) is 27.9 Å². The molecule has 0 aliphatic rings. The summed E-state index contributed by atoms with van der Waals surface area (Å²) in [4.78, 5) is 0. The zero-order chi connectivity index (χ0) is 9.97. The number of halogens is 2. The second-order valence-electron chi connectivity index (χ2n) is 2.49. The van der Waals surface area contributed by atoms with Crippen LogP contribution in [0.5, 0.6) is 11.6 Å². The summed E-state index contributed by atoms with van der Waals surface area (Å²) in [7, 11) is 0. The van der Waals surface area contributed by atoms with E-state index in [1.54, 1.807) is 24.3 Å². The molecular weight excluding hydrogens is 225 g/mol. The molecule has 0 spiro atoms. The van der Waals surface area contributed by atoms with E-state index in [0.29, 0.717) is 21.7 Å². The quantitative estimate of drug-likeness (QED) is 0.787. The Balaban J connectivity index is 2.33. The summed E-state index contributed by atoms with van der Waals surface area (Å²) >= 11 is 11.8. The molecule has 0 saturated heterocycles. The summed E-state index contributed by atoms with van der Waals surface area (Å²) in [6, 6.07) is 6.67. The van der Waals surface area contributed by atoms with Gasteiger partial charge in [-0.2, -0.15) is 0 Å². The van der Waals surface area contributed by atoms with Gasteiger partial charge in [-0.1, -0.05) is 29.3 Å². The van der Waals surface area contributed by atoms with Crippen LogP contribution < -0.4 is 4.74 Å². The number of hydrogen-bond donors (Lipinski definition) is 0. The third kappa shape index (κ3) is 1.84. The molecule has 72 valence electrons. The Bertz CT molecular complexity index is 408. The average Bonchev–Trinajstić information content (AvgIpc) is 2.64. The maximum absolute atomic E-state index is 5.88. The van der Waals surface area contributed by atoms with Crippen molar-refractivity contribution in [3.63, 3.8) is 0 Å². The minimum atomic E-state index is 0.319. The van der Waals surface area contributed by atoms with Gasteiger partial charge in [0.25, 0.3) is 5.88 Å². The van der Waals surface area contributed by atoms with Crippen molar-refractivity contribution in [2.45, 2.75) is 0 Å². The van der Waals surface area contributed by atoms with Gasteiger partial charge in [0.05, 0.1) is 10.0 Å². The molecule has 2 rings (SSSR count). The summed E-state index contributed by atoms with van der Waals surface area (Å²) in [5.41, 5.74) is 0. The van der Waals surface area contributed by atoms with Crippen LogP contribution in [0.4, 0.5) is 0 Å². The molecule has 1 aromatic carbocycles. The van der Waals surface area contributed by atoms with Gasteiger partial charge in [-0.25, -0.2) is 0 Å². The highest BCUT2D eigenvalue weighted by Gasteiger charge is 2.08. The first-order chi connectivity index (χ1) is 6.77. The minimum Gasteiger partial charge on any atom is -0.433 e. The molecule has 0 bridgehead atoms. The average molecular weight is 230 g/mol. The molecule has 0 saturated carbocycles. The zero-order valence-electron chi connectivity index (χ0n) is 6.91. The molecular formula is C9H5Cl2NO2. The molecule has 3 nitrogen and oxygen atoms in total. The van der Waals surface area contributed by atoms with Crippen molar-refractivity contribution in [3.05, 3.63) is 40.6 Å². The SMILES string of the molecule is Clc1cccc(Cl)c1Oc1ccon1. The first kappa shape index (κ1) is 9.37. The van der Waals surface area contributed by atoms with Crippen molar-refractivity contribution >= 4 is 23.2 Å². The number of ether oxygens (including phenoxy) is 1. The molecule has 0 fully saturated rings. The van der Waals surface area contributed by atoms with Crippen molar-refractivity contribution < 1.29 is 9.26 Å². The Labute approximate surface area is 90.2 Å². The zero-order valence-corrected chi connectivity index (χ0v) is 8.42. The van der Waals surface area contributed by atoms with E-state index in [1.165, 1.54) is 6.26 Å². The fourth-order valence-electron chi connectivity index (χ4n) is 0.939. The van der Waals surface area contributed by atoms with Crippen LogP contribution in [-0.2, 0) is 0 Å². The second kappa shape index (κ2) is 3.90. The molecule has 0 aliphatic heterocycles. The van der Waals surface area contributed by atoms with Crippen LogP contribution in [0.25, 0.3) is 0 Å². The van der Waals surface area contributed by atoms with Gasteiger partial charge in [0, 0.05) is 6.07 Å². The van der Waals surface area contributed by atoms with Crippen LogP contribution in [0, 0.1) is 0 Å². The first-order valence-electron chi connectivity index (χ1n) is 3.79. The Kier molecular flexibility index (Phi) is 2.61. The number of benzene rings is 1. The van der Waals surface area contributed by atoms with E-state index in [1.807, 2.05) is 0 Å². The lowest BCUT2D eigenvalue weighted by Gasteiger charge is -2.05. The van der Waals surface area contributed by atoms with E-state index in [2.05, 4.69) is 9.68 Å². The van der Waals surface area contributed by atoms with Crippen molar-refractivity contribution in [1.29, 1.82) is 0 Å². The van der Waals surface area contributed by atoms with Gasteiger partial charge in [0.1, 0.15) is 6.26 Å². The summed E-state index contributed by atoms with van der Waals surface area (Å²) in [5.74, 6) is 0.699. The molecule has 0 atom stereocenters. The van der Waals surface area contributed by atoms with Crippen LogP contribution in [0.2, 0.25) is 10.0 Å². The van der Waals surface area contributed by atoms with E-state index < -0.39 is 0 Å². The maximum Gasteiger partial charge on any atom is 0.259 e. The van der Waals surface area contributed by atoms with Gasteiger partial charge in [-0.3, -0.25) is 0 Å². The number of rotatable bonds is 2. The fourth-order valence-corrected chi connectivity index (χ4v) is 1.41. The van der Waals surface area contributed by atoms with E-state index in [0.717, 1.165) is 0 Å². The van der Waals surface area contributed by atoms with Gasteiger partial charge < -0.3 is 9.26 Å². The van der Waals surface area contributed by atoms with Gasteiger partial charge in [0.2, 0.25) is 0 Å². The molecule has 0 amide bonds. The van der Waals surface area contributed by atoms with Crippen LogP contribution >= 0.6 is 23.2 Å². The van der Waals surface area contributed by atoms with E-state index in [-0.39, 0.29) is 0 Å². The predicted molar refractivity (Wildman–Crippen MR) is 53.0 cm³/mol. The van der Waals surface area contributed by atoms with Gasteiger partial charge >= 0.3 is 0 Å². The van der Waals surface area contributed by atoms with Crippen molar-refractivity contribution in [1.82, 2.24) is 5.16 Å². The molecule has 5 heteroatoms.